The lowest BCUT2D eigenvalue weighted by atomic mass is 10.3. The highest BCUT2D eigenvalue weighted by molar-refractivity contribution is 7.88. The van der Waals surface area contributed by atoms with Gasteiger partial charge in [-0.3, -0.25) is 4.79 Å². The second-order valence-electron chi connectivity index (χ2n) is 4.56. The van der Waals surface area contributed by atoms with Gasteiger partial charge in [0.15, 0.2) is 0 Å². The highest BCUT2D eigenvalue weighted by Gasteiger charge is 2.09. The highest BCUT2D eigenvalue weighted by atomic mass is 32.2. The van der Waals surface area contributed by atoms with Gasteiger partial charge in [-0.2, -0.15) is 0 Å². The van der Waals surface area contributed by atoms with Crippen LogP contribution in [-0.2, 0) is 27.8 Å². The topological polar surface area (TPSA) is 88.2 Å². The van der Waals surface area contributed by atoms with Crippen LogP contribution in [0.15, 0.2) is 0 Å². The predicted octanol–water partition coefficient (Wildman–Crippen LogP) is 0.960. The van der Waals surface area contributed by atoms with E-state index in [9.17, 15) is 13.2 Å². The normalized spacial score (nSPS) is 11.6. The molecule has 1 rings (SSSR count). The summed E-state index contributed by atoms with van der Waals surface area (Å²) in [6, 6.07) is 0. The quantitative estimate of drug-likeness (QED) is 0.747. The molecule has 8 heteroatoms. The van der Waals surface area contributed by atoms with Gasteiger partial charge in [-0.15, -0.1) is 11.3 Å². The molecule has 20 heavy (non-hydrogen) atoms. The number of nitrogens with zero attached hydrogens (tertiary/aromatic N) is 1. The van der Waals surface area contributed by atoms with E-state index in [1.165, 1.54) is 0 Å². The van der Waals surface area contributed by atoms with Crippen LogP contribution in [0.3, 0.4) is 0 Å². The number of aryl methyl sites for hydroxylation is 2. The van der Waals surface area contributed by atoms with E-state index in [1.54, 1.807) is 11.3 Å². The molecule has 0 bridgehead atoms. The lowest BCUT2D eigenvalue weighted by Crippen LogP contribution is -2.29. The SMILES string of the molecule is CCCc1nc(C)c(CNC(=O)CCNS(C)(=O)=O)s1. The molecule has 0 aliphatic carbocycles. The third-order valence-corrected chi connectivity index (χ3v) is 4.51. The molecule has 0 unspecified atom stereocenters. The van der Waals surface area contributed by atoms with E-state index in [2.05, 4.69) is 21.9 Å². The van der Waals surface area contributed by atoms with Gasteiger partial charge in [0.25, 0.3) is 0 Å². The van der Waals surface area contributed by atoms with Crippen molar-refractivity contribution in [2.24, 2.45) is 0 Å². The first-order valence-electron chi connectivity index (χ1n) is 6.48. The van der Waals surface area contributed by atoms with Crippen molar-refractivity contribution in [1.82, 2.24) is 15.0 Å². The Morgan fingerprint density at radius 1 is 1.40 bits per heavy atom. The third-order valence-electron chi connectivity index (χ3n) is 2.56. The van der Waals surface area contributed by atoms with Crippen LogP contribution in [0.5, 0.6) is 0 Å². The van der Waals surface area contributed by atoms with E-state index < -0.39 is 10.0 Å². The smallest absolute Gasteiger partial charge is 0.221 e. The second kappa shape index (κ2) is 7.70. The zero-order valence-electron chi connectivity index (χ0n) is 12.0. The van der Waals surface area contributed by atoms with Crippen LogP contribution >= 0.6 is 11.3 Å². The number of carbonyl (C=O) groups excluding carboxylic acids is 1. The van der Waals surface area contributed by atoms with Gasteiger partial charge in [0, 0.05) is 17.8 Å². The molecule has 0 aliphatic rings. The summed E-state index contributed by atoms with van der Waals surface area (Å²) in [5, 5.41) is 3.87. The molecule has 1 aromatic heterocycles. The number of hydrogen-bond donors (Lipinski definition) is 2. The van der Waals surface area contributed by atoms with E-state index in [1.807, 2.05) is 6.92 Å². The van der Waals surface area contributed by atoms with Crippen LogP contribution in [0.2, 0.25) is 0 Å². The fraction of sp³-hybridized carbons (Fsp3) is 0.667. The Labute approximate surface area is 124 Å². The minimum atomic E-state index is -3.23. The molecule has 6 nitrogen and oxygen atoms in total. The monoisotopic (exact) mass is 319 g/mol. The van der Waals surface area contributed by atoms with Crippen LogP contribution in [0, 0.1) is 6.92 Å². The van der Waals surface area contributed by atoms with Crippen molar-refractivity contribution < 1.29 is 13.2 Å². The molecule has 0 atom stereocenters. The van der Waals surface area contributed by atoms with E-state index in [0.29, 0.717) is 6.54 Å². The summed E-state index contributed by atoms with van der Waals surface area (Å²) >= 11 is 1.62. The average Bonchev–Trinajstić information content (AvgIpc) is 2.66. The summed E-state index contributed by atoms with van der Waals surface area (Å²) in [6.45, 7) is 4.60. The molecule has 1 amide bonds. The van der Waals surface area contributed by atoms with Crippen LogP contribution in [0.4, 0.5) is 0 Å². The zero-order chi connectivity index (χ0) is 15.2. The third kappa shape index (κ3) is 6.44. The maximum Gasteiger partial charge on any atom is 0.221 e. The maximum absolute atomic E-state index is 11.6. The number of rotatable bonds is 8. The molecule has 0 aromatic carbocycles. The largest absolute Gasteiger partial charge is 0.351 e. The Morgan fingerprint density at radius 2 is 2.10 bits per heavy atom. The number of aromatic nitrogens is 1. The first-order chi connectivity index (χ1) is 9.31. The van der Waals surface area contributed by atoms with Gasteiger partial charge in [-0.25, -0.2) is 18.1 Å². The van der Waals surface area contributed by atoms with E-state index in [-0.39, 0.29) is 18.9 Å². The second-order valence-corrected chi connectivity index (χ2v) is 7.56. The molecular weight excluding hydrogens is 298 g/mol. The number of amides is 1. The van der Waals surface area contributed by atoms with Crippen LogP contribution in [0.25, 0.3) is 0 Å². The van der Waals surface area contributed by atoms with Crippen molar-refractivity contribution in [2.45, 2.75) is 39.7 Å². The summed E-state index contributed by atoms with van der Waals surface area (Å²) in [5.74, 6) is -0.175. The summed E-state index contributed by atoms with van der Waals surface area (Å²) in [7, 11) is -3.23. The first kappa shape index (κ1) is 17.1. The van der Waals surface area contributed by atoms with Crippen molar-refractivity contribution in [2.75, 3.05) is 12.8 Å². The summed E-state index contributed by atoms with van der Waals surface area (Å²) in [4.78, 5) is 17.1. The van der Waals surface area contributed by atoms with E-state index >= 15 is 0 Å². The number of thiazole rings is 1. The predicted molar refractivity (Wildman–Crippen MR) is 80.2 cm³/mol. The summed E-state index contributed by atoms with van der Waals surface area (Å²) in [5.41, 5.74) is 0.952. The number of carbonyl (C=O) groups is 1. The lowest BCUT2D eigenvalue weighted by molar-refractivity contribution is -0.121. The lowest BCUT2D eigenvalue weighted by Gasteiger charge is -2.04. The molecule has 1 heterocycles. The van der Waals surface area contributed by atoms with Gasteiger partial charge < -0.3 is 5.32 Å². The summed E-state index contributed by atoms with van der Waals surface area (Å²) in [6.07, 6.45) is 3.21. The summed E-state index contributed by atoms with van der Waals surface area (Å²) < 4.78 is 24.0. The van der Waals surface area contributed by atoms with Gasteiger partial charge in [-0.1, -0.05) is 6.92 Å². The Kier molecular flexibility index (Phi) is 6.57. The van der Waals surface area contributed by atoms with Gasteiger partial charge in [0.05, 0.1) is 23.5 Å². The van der Waals surface area contributed by atoms with Gasteiger partial charge in [0.1, 0.15) is 0 Å². The minimum Gasteiger partial charge on any atom is -0.351 e. The van der Waals surface area contributed by atoms with Crippen molar-refractivity contribution >= 4 is 27.3 Å². The average molecular weight is 319 g/mol. The zero-order valence-corrected chi connectivity index (χ0v) is 13.7. The Balaban J connectivity index is 2.37. The van der Waals surface area contributed by atoms with E-state index in [4.69, 9.17) is 0 Å². The van der Waals surface area contributed by atoms with Crippen molar-refractivity contribution in [3.63, 3.8) is 0 Å². The Hall–Kier alpha value is -0.990. The molecule has 0 radical (unpaired) electrons. The fourth-order valence-electron chi connectivity index (χ4n) is 1.59. The van der Waals surface area contributed by atoms with Crippen molar-refractivity contribution in [1.29, 1.82) is 0 Å². The molecule has 0 aliphatic heterocycles. The number of sulfonamides is 1. The Bertz CT molecular complexity index is 552. The molecule has 0 saturated carbocycles. The molecule has 1 aromatic rings. The standard InChI is InChI=1S/C12H21N3O3S2/c1-4-5-12-15-9(2)10(19-12)8-13-11(16)6-7-14-20(3,17)18/h14H,4-8H2,1-3H3,(H,13,16). The van der Waals surface area contributed by atoms with Crippen LogP contribution in [0.1, 0.15) is 35.3 Å². The van der Waals surface area contributed by atoms with Crippen molar-refractivity contribution in [3.05, 3.63) is 15.6 Å². The molecule has 2 N–H and O–H groups in total. The van der Waals surface area contributed by atoms with Gasteiger partial charge in [-0.05, 0) is 19.8 Å². The van der Waals surface area contributed by atoms with Crippen LogP contribution in [-0.4, -0.2) is 32.1 Å². The molecule has 114 valence electrons. The highest BCUT2D eigenvalue weighted by Crippen LogP contribution is 2.19. The Morgan fingerprint density at radius 3 is 2.70 bits per heavy atom. The number of nitrogens with one attached hydrogen (secondary N) is 2. The molecule has 0 fully saturated rings. The van der Waals surface area contributed by atoms with Crippen molar-refractivity contribution in [3.8, 4) is 0 Å². The maximum atomic E-state index is 11.6. The van der Waals surface area contributed by atoms with Crippen LogP contribution < -0.4 is 10.0 Å². The number of hydrogen-bond acceptors (Lipinski definition) is 5. The molecule has 0 saturated heterocycles. The fourth-order valence-corrected chi connectivity index (χ4v) is 3.17. The van der Waals surface area contributed by atoms with Gasteiger partial charge in [0.2, 0.25) is 15.9 Å². The minimum absolute atomic E-state index is 0.118. The molecule has 0 spiro atoms. The first-order valence-corrected chi connectivity index (χ1v) is 9.19. The van der Waals surface area contributed by atoms with Gasteiger partial charge >= 0.3 is 0 Å². The molecular formula is C12H21N3O3S2. The van der Waals surface area contributed by atoms with E-state index in [0.717, 1.165) is 34.7 Å².